The van der Waals surface area contributed by atoms with E-state index in [4.69, 9.17) is 5.73 Å². The maximum atomic E-state index is 10.7. The largest absolute Gasteiger partial charge is 0.364 e. The second kappa shape index (κ2) is 4.97. The molecule has 0 saturated carbocycles. The fraction of sp³-hybridized carbons (Fsp3) is 0.556. The van der Waals surface area contributed by atoms with E-state index in [9.17, 15) is 4.79 Å². The van der Waals surface area contributed by atoms with Crippen LogP contribution in [0.5, 0.6) is 0 Å². The van der Waals surface area contributed by atoms with Crippen LogP contribution < -0.4 is 5.73 Å². The predicted octanol–water partition coefficient (Wildman–Crippen LogP) is 1.97. The summed E-state index contributed by atoms with van der Waals surface area (Å²) < 4.78 is 0. The van der Waals surface area contributed by atoms with Gasteiger partial charge in [-0.3, -0.25) is 4.79 Å². The van der Waals surface area contributed by atoms with Gasteiger partial charge in [-0.05, 0) is 12.8 Å². The molecule has 1 rings (SSSR count). The molecule has 0 aliphatic heterocycles. The zero-order valence-electron chi connectivity index (χ0n) is 7.75. The van der Waals surface area contributed by atoms with E-state index in [0.717, 1.165) is 17.7 Å². The summed E-state index contributed by atoms with van der Waals surface area (Å²) in [6.45, 7) is 2.17. The number of nitrogens with zero attached hydrogens (tertiary/aromatic N) is 1. The maximum Gasteiger partial charge on any atom is 0.277 e. The number of hydrogen-bond acceptors (Lipinski definition) is 3. The second-order valence-corrected chi connectivity index (χ2v) is 4.07. The topological polar surface area (TPSA) is 56.0 Å². The number of aromatic nitrogens is 1. The molecule has 0 aliphatic rings. The first-order valence-corrected chi connectivity index (χ1v) is 5.30. The predicted molar refractivity (Wildman–Crippen MR) is 53.9 cm³/mol. The first kappa shape index (κ1) is 10.2. The SMILES string of the molecule is CCCCCc1cnc(C(N)=O)s1. The molecule has 1 heterocycles. The molecule has 72 valence electrons. The fourth-order valence-electron chi connectivity index (χ4n) is 1.09. The van der Waals surface area contributed by atoms with Crippen molar-refractivity contribution in [3.63, 3.8) is 0 Å². The average molecular weight is 198 g/mol. The van der Waals surface area contributed by atoms with Gasteiger partial charge >= 0.3 is 0 Å². The number of carbonyl (C=O) groups excluding carboxylic acids is 1. The molecule has 0 spiro atoms. The molecule has 0 unspecified atom stereocenters. The van der Waals surface area contributed by atoms with Crippen LogP contribution in [0.15, 0.2) is 6.20 Å². The van der Waals surface area contributed by atoms with Crippen molar-refractivity contribution in [1.82, 2.24) is 4.98 Å². The first-order chi connectivity index (χ1) is 6.24. The van der Waals surface area contributed by atoms with Gasteiger partial charge in [-0.25, -0.2) is 4.98 Å². The molecule has 1 amide bonds. The molecule has 4 heteroatoms. The number of aryl methyl sites for hydroxylation is 1. The lowest BCUT2D eigenvalue weighted by Gasteiger charge is -1.93. The van der Waals surface area contributed by atoms with Gasteiger partial charge in [-0.2, -0.15) is 0 Å². The Morgan fingerprint density at radius 1 is 1.62 bits per heavy atom. The van der Waals surface area contributed by atoms with Crippen molar-refractivity contribution in [3.8, 4) is 0 Å². The van der Waals surface area contributed by atoms with Crippen LogP contribution in [0.1, 0.15) is 40.9 Å². The molecule has 13 heavy (non-hydrogen) atoms. The highest BCUT2D eigenvalue weighted by Crippen LogP contribution is 2.15. The minimum absolute atomic E-state index is 0.423. The third kappa shape index (κ3) is 3.14. The monoisotopic (exact) mass is 198 g/mol. The van der Waals surface area contributed by atoms with Crippen LogP contribution in [-0.4, -0.2) is 10.9 Å². The lowest BCUT2D eigenvalue weighted by Crippen LogP contribution is -2.09. The number of amides is 1. The number of nitrogens with two attached hydrogens (primary N) is 1. The zero-order valence-corrected chi connectivity index (χ0v) is 8.56. The fourth-order valence-corrected chi connectivity index (χ4v) is 1.89. The number of rotatable bonds is 5. The highest BCUT2D eigenvalue weighted by atomic mass is 32.1. The van der Waals surface area contributed by atoms with Gasteiger partial charge in [0.1, 0.15) is 0 Å². The van der Waals surface area contributed by atoms with Crippen molar-refractivity contribution in [3.05, 3.63) is 16.1 Å². The number of thiazole rings is 1. The van der Waals surface area contributed by atoms with Crippen LogP contribution in [0.25, 0.3) is 0 Å². The van der Waals surface area contributed by atoms with Gasteiger partial charge < -0.3 is 5.73 Å². The minimum Gasteiger partial charge on any atom is -0.364 e. The summed E-state index contributed by atoms with van der Waals surface area (Å²) in [5, 5.41) is 0.423. The van der Waals surface area contributed by atoms with E-state index in [0.29, 0.717) is 5.01 Å². The van der Waals surface area contributed by atoms with E-state index in [-0.39, 0.29) is 0 Å². The number of primary amides is 1. The Morgan fingerprint density at radius 3 is 2.92 bits per heavy atom. The summed E-state index contributed by atoms with van der Waals surface area (Å²) >= 11 is 1.41. The third-order valence-electron chi connectivity index (χ3n) is 1.79. The molecule has 0 fully saturated rings. The van der Waals surface area contributed by atoms with Crippen molar-refractivity contribution in [2.24, 2.45) is 5.73 Å². The quantitative estimate of drug-likeness (QED) is 0.735. The Balaban J connectivity index is 2.44. The first-order valence-electron chi connectivity index (χ1n) is 4.48. The summed E-state index contributed by atoms with van der Waals surface area (Å²) in [6.07, 6.45) is 6.36. The lowest BCUT2D eigenvalue weighted by molar-refractivity contribution is 0.1000. The van der Waals surface area contributed by atoms with Crippen molar-refractivity contribution in [2.75, 3.05) is 0 Å². The van der Waals surface area contributed by atoms with E-state index in [1.165, 1.54) is 24.2 Å². The van der Waals surface area contributed by atoms with E-state index < -0.39 is 5.91 Å². The number of unbranched alkanes of at least 4 members (excludes halogenated alkanes) is 2. The van der Waals surface area contributed by atoms with Gasteiger partial charge in [0.15, 0.2) is 5.01 Å². The van der Waals surface area contributed by atoms with Gasteiger partial charge in [0, 0.05) is 11.1 Å². The Morgan fingerprint density at radius 2 is 2.38 bits per heavy atom. The van der Waals surface area contributed by atoms with E-state index in [1.54, 1.807) is 6.20 Å². The molecule has 0 bridgehead atoms. The van der Waals surface area contributed by atoms with Gasteiger partial charge in [-0.15, -0.1) is 11.3 Å². The third-order valence-corrected chi connectivity index (χ3v) is 2.86. The zero-order chi connectivity index (χ0) is 9.68. The summed E-state index contributed by atoms with van der Waals surface area (Å²) in [5.74, 6) is -0.424. The second-order valence-electron chi connectivity index (χ2n) is 2.95. The molecule has 1 aromatic rings. The van der Waals surface area contributed by atoms with Crippen LogP contribution in [0, 0.1) is 0 Å². The van der Waals surface area contributed by atoms with Crippen molar-refractivity contribution >= 4 is 17.2 Å². The van der Waals surface area contributed by atoms with Crippen molar-refractivity contribution in [1.29, 1.82) is 0 Å². The number of carbonyl (C=O) groups is 1. The minimum atomic E-state index is -0.424. The smallest absolute Gasteiger partial charge is 0.277 e. The Labute approximate surface area is 82.0 Å². The molecule has 2 N–H and O–H groups in total. The summed E-state index contributed by atoms with van der Waals surface area (Å²) in [5.41, 5.74) is 5.09. The van der Waals surface area contributed by atoms with Crippen LogP contribution in [0.4, 0.5) is 0 Å². The van der Waals surface area contributed by atoms with Crippen LogP contribution in [0.2, 0.25) is 0 Å². The molecule has 0 aromatic carbocycles. The summed E-state index contributed by atoms with van der Waals surface area (Å²) in [7, 11) is 0. The van der Waals surface area contributed by atoms with Gasteiger partial charge in [-0.1, -0.05) is 19.8 Å². The number of hydrogen-bond donors (Lipinski definition) is 1. The maximum absolute atomic E-state index is 10.7. The summed E-state index contributed by atoms with van der Waals surface area (Å²) in [6, 6.07) is 0. The Kier molecular flexibility index (Phi) is 3.89. The highest BCUT2D eigenvalue weighted by Gasteiger charge is 2.05. The van der Waals surface area contributed by atoms with Crippen molar-refractivity contribution in [2.45, 2.75) is 32.6 Å². The van der Waals surface area contributed by atoms with Crippen LogP contribution in [0.3, 0.4) is 0 Å². The van der Waals surface area contributed by atoms with E-state index in [1.807, 2.05) is 0 Å². The molecular formula is C9H14N2OS. The molecule has 0 saturated heterocycles. The Hall–Kier alpha value is -0.900. The summed E-state index contributed by atoms with van der Waals surface area (Å²) in [4.78, 5) is 15.8. The highest BCUT2D eigenvalue weighted by molar-refractivity contribution is 7.13. The molecule has 0 atom stereocenters. The normalized spacial score (nSPS) is 10.2. The molecule has 1 aromatic heterocycles. The van der Waals surface area contributed by atoms with Crippen molar-refractivity contribution < 1.29 is 4.79 Å². The molecule has 3 nitrogen and oxygen atoms in total. The van der Waals surface area contributed by atoms with E-state index in [2.05, 4.69) is 11.9 Å². The van der Waals surface area contributed by atoms with Gasteiger partial charge in [0.2, 0.25) is 0 Å². The lowest BCUT2D eigenvalue weighted by atomic mass is 10.2. The van der Waals surface area contributed by atoms with Gasteiger partial charge in [0.05, 0.1) is 0 Å². The van der Waals surface area contributed by atoms with Gasteiger partial charge in [0.25, 0.3) is 5.91 Å². The molecular weight excluding hydrogens is 184 g/mol. The Bertz CT molecular complexity index is 283. The van der Waals surface area contributed by atoms with Crippen LogP contribution >= 0.6 is 11.3 Å². The average Bonchev–Trinajstić information content (AvgIpc) is 2.53. The van der Waals surface area contributed by atoms with E-state index >= 15 is 0 Å². The molecule has 0 radical (unpaired) electrons. The molecule has 0 aliphatic carbocycles. The standard InChI is InChI=1S/C9H14N2OS/c1-2-3-4-5-7-6-11-9(13-7)8(10)12/h6H,2-5H2,1H3,(H2,10,12). The van der Waals surface area contributed by atoms with Crippen LogP contribution in [-0.2, 0) is 6.42 Å².